The maximum Gasteiger partial charge on any atom is 0.337 e. The number of methoxy groups -OCH3 is 1. The van der Waals surface area contributed by atoms with Crippen LogP contribution in [0.25, 0.3) is 11.3 Å². The Morgan fingerprint density at radius 3 is 2.18 bits per heavy atom. The maximum absolute atomic E-state index is 11.5. The second-order valence-electron chi connectivity index (χ2n) is 5.94. The molecule has 0 saturated heterocycles. The number of carboxylic acids is 1. The average molecular weight is 402 g/mol. The molecule has 0 spiro atoms. The van der Waals surface area contributed by atoms with Gasteiger partial charge in [0.1, 0.15) is 11.5 Å². The molecule has 6 nitrogen and oxygen atoms in total. The fourth-order valence-corrected chi connectivity index (χ4v) is 2.61. The lowest BCUT2D eigenvalue weighted by Crippen LogP contribution is -2.12. The Hall–Kier alpha value is -3.09. The number of hydrogen-bond acceptors (Lipinski definition) is 5. The molecule has 1 heterocycles. The summed E-state index contributed by atoms with van der Waals surface area (Å²) in [5, 5.41) is 12.2. The SMILES string of the molecule is COC(=O)c1ccc(-c2ccc(CNCc3ccc(C(=O)O)cc3)o2)cc1.Cl. The van der Waals surface area contributed by atoms with Crippen molar-refractivity contribution in [1.82, 2.24) is 5.32 Å². The molecule has 0 saturated carbocycles. The number of furan rings is 1. The number of aromatic carboxylic acids is 1. The summed E-state index contributed by atoms with van der Waals surface area (Å²) in [5.74, 6) is 0.192. The van der Waals surface area contributed by atoms with E-state index in [-0.39, 0.29) is 23.9 Å². The molecular weight excluding hydrogens is 382 g/mol. The predicted octanol–water partition coefficient (Wildman–Crippen LogP) is 4.14. The number of nitrogens with one attached hydrogen (secondary N) is 1. The van der Waals surface area contributed by atoms with Crippen molar-refractivity contribution in [3.8, 4) is 11.3 Å². The van der Waals surface area contributed by atoms with Crippen molar-refractivity contribution >= 4 is 24.3 Å². The van der Waals surface area contributed by atoms with Crippen molar-refractivity contribution in [2.24, 2.45) is 0 Å². The minimum absolute atomic E-state index is 0. The number of rotatable bonds is 7. The van der Waals surface area contributed by atoms with Crippen molar-refractivity contribution in [3.63, 3.8) is 0 Å². The fraction of sp³-hybridized carbons (Fsp3) is 0.143. The summed E-state index contributed by atoms with van der Waals surface area (Å²) in [7, 11) is 1.35. The predicted molar refractivity (Wildman–Crippen MR) is 107 cm³/mol. The summed E-state index contributed by atoms with van der Waals surface area (Å²) in [6.07, 6.45) is 0. The molecule has 0 fully saturated rings. The minimum Gasteiger partial charge on any atom is -0.478 e. The van der Waals surface area contributed by atoms with Crippen LogP contribution in [0.15, 0.2) is 65.1 Å². The van der Waals surface area contributed by atoms with Gasteiger partial charge in [-0.1, -0.05) is 24.3 Å². The Morgan fingerprint density at radius 1 is 0.929 bits per heavy atom. The van der Waals surface area contributed by atoms with E-state index < -0.39 is 5.97 Å². The van der Waals surface area contributed by atoms with Crippen LogP contribution in [0, 0.1) is 0 Å². The number of carbonyl (C=O) groups is 2. The van der Waals surface area contributed by atoms with Gasteiger partial charge < -0.3 is 19.6 Å². The molecule has 0 amide bonds. The van der Waals surface area contributed by atoms with Gasteiger partial charge in [0.05, 0.1) is 24.8 Å². The molecule has 146 valence electrons. The second kappa shape index (κ2) is 9.73. The van der Waals surface area contributed by atoms with Crippen LogP contribution in [-0.4, -0.2) is 24.2 Å². The molecule has 0 aliphatic heterocycles. The second-order valence-corrected chi connectivity index (χ2v) is 5.94. The van der Waals surface area contributed by atoms with E-state index in [1.54, 1.807) is 36.4 Å². The van der Waals surface area contributed by atoms with Crippen molar-refractivity contribution in [3.05, 3.63) is 83.1 Å². The van der Waals surface area contributed by atoms with E-state index in [0.717, 1.165) is 16.9 Å². The highest BCUT2D eigenvalue weighted by molar-refractivity contribution is 5.89. The van der Waals surface area contributed by atoms with Crippen molar-refractivity contribution < 1.29 is 23.8 Å². The fourth-order valence-electron chi connectivity index (χ4n) is 2.61. The Morgan fingerprint density at radius 2 is 1.57 bits per heavy atom. The topological polar surface area (TPSA) is 88.8 Å². The van der Waals surface area contributed by atoms with Crippen LogP contribution in [0.5, 0.6) is 0 Å². The third kappa shape index (κ3) is 5.22. The van der Waals surface area contributed by atoms with Crippen molar-refractivity contribution in [1.29, 1.82) is 0 Å². The highest BCUT2D eigenvalue weighted by Gasteiger charge is 2.08. The molecule has 3 aromatic rings. The molecule has 0 bridgehead atoms. The molecule has 3 rings (SSSR count). The summed E-state index contributed by atoms with van der Waals surface area (Å²) >= 11 is 0. The van der Waals surface area contributed by atoms with Gasteiger partial charge >= 0.3 is 11.9 Å². The standard InChI is InChI=1S/C21H19NO5.ClH/c1-26-21(25)17-8-6-15(7-9-17)19-11-10-18(27-19)13-22-12-14-2-4-16(5-3-14)20(23)24;/h2-11,22H,12-13H2,1H3,(H,23,24);1H. The van der Waals surface area contributed by atoms with E-state index in [2.05, 4.69) is 10.1 Å². The quantitative estimate of drug-likeness (QED) is 0.578. The molecule has 7 heteroatoms. The van der Waals surface area contributed by atoms with Gasteiger partial charge in [0.15, 0.2) is 0 Å². The molecule has 0 radical (unpaired) electrons. The largest absolute Gasteiger partial charge is 0.478 e. The number of halogens is 1. The van der Waals surface area contributed by atoms with Gasteiger partial charge in [-0.25, -0.2) is 9.59 Å². The zero-order valence-electron chi connectivity index (χ0n) is 15.2. The lowest BCUT2D eigenvalue weighted by Gasteiger charge is -2.04. The maximum atomic E-state index is 11.5. The highest BCUT2D eigenvalue weighted by atomic mass is 35.5. The molecule has 28 heavy (non-hydrogen) atoms. The van der Waals surface area contributed by atoms with Crippen LogP contribution in [0.3, 0.4) is 0 Å². The highest BCUT2D eigenvalue weighted by Crippen LogP contribution is 2.23. The first-order chi connectivity index (χ1) is 13.1. The van der Waals surface area contributed by atoms with Crippen LogP contribution in [-0.2, 0) is 17.8 Å². The van der Waals surface area contributed by atoms with Crippen LogP contribution in [0.1, 0.15) is 32.0 Å². The normalized spacial score (nSPS) is 10.2. The molecular formula is C21H20ClNO5. The van der Waals surface area contributed by atoms with Gasteiger partial charge in [-0.3, -0.25) is 0 Å². The summed E-state index contributed by atoms with van der Waals surface area (Å²) in [4.78, 5) is 22.3. The Kier molecular flexibility index (Phi) is 7.37. The molecule has 2 aromatic carbocycles. The number of carbonyl (C=O) groups excluding carboxylic acids is 1. The van der Waals surface area contributed by atoms with E-state index in [0.29, 0.717) is 24.4 Å². The van der Waals surface area contributed by atoms with Crippen molar-refractivity contribution in [2.45, 2.75) is 13.1 Å². The first-order valence-electron chi connectivity index (χ1n) is 8.37. The zero-order valence-corrected chi connectivity index (χ0v) is 16.0. The van der Waals surface area contributed by atoms with E-state index in [9.17, 15) is 9.59 Å². The Bertz CT molecular complexity index is 932. The monoisotopic (exact) mass is 401 g/mol. The molecule has 2 N–H and O–H groups in total. The summed E-state index contributed by atoms with van der Waals surface area (Å²) in [6, 6.07) is 17.5. The summed E-state index contributed by atoms with van der Waals surface area (Å²) < 4.78 is 10.5. The van der Waals surface area contributed by atoms with Gasteiger partial charge in [-0.05, 0) is 42.0 Å². The zero-order chi connectivity index (χ0) is 19.2. The smallest absolute Gasteiger partial charge is 0.337 e. The third-order valence-corrected chi connectivity index (χ3v) is 4.08. The molecule has 0 aliphatic rings. The van der Waals surface area contributed by atoms with E-state index in [1.807, 2.05) is 24.3 Å². The van der Waals surface area contributed by atoms with Gasteiger partial charge in [-0.2, -0.15) is 0 Å². The van der Waals surface area contributed by atoms with Gasteiger partial charge in [0.2, 0.25) is 0 Å². The van der Waals surface area contributed by atoms with E-state index >= 15 is 0 Å². The Labute approximate surface area is 168 Å². The molecule has 0 atom stereocenters. The lowest BCUT2D eigenvalue weighted by atomic mass is 10.1. The van der Waals surface area contributed by atoms with Crippen LogP contribution in [0.2, 0.25) is 0 Å². The van der Waals surface area contributed by atoms with Crippen LogP contribution in [0.4, 0.5) is 0 Å². The molecule has 1 aromatic heterocycles. The first kappa shape index (κ1) is 21.2. The number of carboxylic acid groups (broad SMARTS) is 1. The summed E-state index contributed by atoms with van der Waals surface area (Å²) in [6.45, 7) is 1.14. The number of benzene rings is 2. The third-order valence-electron chi connectivity index (χ3n) is 4.08. The number of hydrogen-bond donors (Lipinski definition) is 2. The van der Waals surface area contributed by atoms with Gasteiger partial charge in [-0.15, -0.1) is 12.4 Å². The van der Waals surface area contributed by atoms with Crippen LogP contribution >= 0.6 is 12.4 Å². The van der Waals surface area contributed by atoms with Gasteiger partial charge in [0, 0.05) is 12.1 Å². The van der Waals surface area contributed by atoms with E-state index in [4.69, 9.17) is 9.52 Å². The van der Waals surface area contributed by atoms with Gasteiger partial charge in [0.25, 0.3) is 0 Å². The minimum atomic E-state index is -0.933. The van der Waals surface area contributed by atoms with Crippen LogP contribution < -0.4 is 5.32 Å². The number of ether oxygens (including phenoxy) is 1. The Balaban J connectivity index is 0.00000280. The lowest BCUT2D eigenvalue weighted by molar-refractivity contribution is 0.0599. The molecule has 0 aliphatic carbocycles. The number of esters is 1. The summed E-state index contributed by atoms with van der Waals surface area (Å²) in [5.41, 5.74) is 2.62. The van der Waals surface area contributed by atoms with Crippen molar-refractivity contribution in [2.75, 3.05) is 7.11 Å². The molecule has 0 unspecified atom stereocenters. The van der Waals surface area contributed by atoms with E-state index in [1.165, 1.54) is 7.11 Å². The average Bonchev–Trinajstić information content (AvgIpc) is 3.17. The first-order valence-corrected chi connectivity index (χ1v) is 8.37.